The molecule has 1 saturated carbocycles. The molecule has 1 aliphatic carbocycles. The molecular weight excluding hydrogens is 368 g/mol. The van der Waals surface area contributed by atoms with Crippen LogP contribution in [0.4, 0.5) is 0 Å². The first-order valence-electron chi connectivity index (χ1n) is 9.28. The van der Waals surface area contributed by atoms with Crippen molar-refractivity contribution in [2.24, 2.45) is 5.92 Å². The summed E-state index contributed by atoms with van der Waals surface area (Å²) in [5.41, 5.74) is 1.07. The first-order valence-corrected chi connectivity index (χ1v) is 9.66. The van der Waals surface area contributed by atoms with E-state index < -0.39 is 0 Å². The number of fused-ring (bicyclic) bond motifs is 3. The maximum Gasteiger partial charge on any atom is 0.308 e. The first-order chi connectivity index (χ1) is 13.0. The Morgan fingerprint density at radius 2 is 2.19 bits per heavy atom. The number of hydrogen-bond donors (Lipinski definition) is 0. The zero-order valence-electron chi connectivity index (χ0n) is 15.3. The molecule has 6 nitrogen and oxygen atoms in total. The van der Waals surface area contributed by atoms with Gasteiger partial charge in [0.2, 0.25) is 0 Å². The van der Waals surface area contributed by atoms with E-state index in [1.54, 1.807) is 24.5 Å². The van der Waals surface area contributed by atoms with Gasteiger partial charge in [-0.3, -0.25) is 9.59 Å². The molecule has 1 aromatic carbocycles. The summed E-state index contributed by atoms with van der Waals surface area (Å²) in [7, 11) is 0. The van der Waals surface area contributed by atoms with Crippen molar-refractivity contribution in [3.05, 3.63) is 39.3 Å². The summed E-state index contributed by atoms with van der Waals surface area (Å²) in [5.74, 6) is 0.104. The minimum atomic E-state index is -0.191. The Balaban J connectivity index is 1.91. The lowest BCUT2D eigenvalue weighted by molar-refractivity contribution is -0.149. The summed E-state index contributed by atoms with van der Waals surface area (Å²) in [4.78, 5) is 25.6. The van der Waals surface area contributed by atoms with E-state index in [-0.39, 0.29) is 23.5 Å². The number of aryl methyl sites for hydroxylation is 1. The Bertz CT molecular complexity index is 1080. The minimum absolute atomic E-state index is 0.0969. The average molecular weight is 389 g/mol. The minimum Gasteiger partial charge on any atom is -0.466 e. The molecule has 0 saturated heterocycles. The fourth-order valence-electron chi connectivity index (χ4n) is 4.21. The van der Waals surface area contributed by atoms with E-state index in [0.717, 1.165) is 24.8 Å². The zero-order valence-corrected chi connectivity index (χ0v) is 16.1. The van der Waals surface area contributed by atoms with Crippen molar-refractivity contribution in [2.75, 3.05) is 6.61 Å². The van der Waals surface area contributed by atoms with Gasteiger partial charge in [-0.05, 0) is 45.2 Å². The van der Waals surface area contributed by atoms with Gasteiger partial charge >= 0.3 is 5.97 Å². The standard InChI is InChI=1S/C20H21ClN2O4/c1-3-26-20(25)12-6-4-7-13(10-12)23-15-9-5-8-14(21)17(15)18-16(19(23)24)11(2)27-22-18/h5,8-9,12-13H,3-4,6-7,10H2,1-2H3/t12-,13+/m1/s1. The maximum atomic E-state index is 13.3. The van der Waals surface area contributed by atoms with Gasteiger partial charge in [-0.25, -0.2) is 0 Å². The number of carbonyl (C=O) groups is 1. The number of pyridine rings is 1. The quantitative estimate of drug-likeness (QED) is 0.622. The Hall–Kier alpha value is -2.34. The molecule has 0 N–H and O–H groups in total. The van der Waals surface area contributed by atoms with Crippen LogP contribution in [0.1, 0.15) is 44.4 Å². The molecule has 2 aromatic heterocycles. The van der Waals surface area contributed by atoms with Gasteiger partial charge in [0.1, 0.15) is 16.7 Å². The van der Waals surface area contributed by atoms with Crippen LogP contribution < -0.4 is 5.56 Å². The molecule has 2 atom stereocenters. The van der Waals surface area contributed by atoms with Crippen LogP contribution in [0.25, 0.3) is 21.8 Å². The second-order valence-corrected chi connectivity index (χ2v) is 7.45. The molecule has 7 heteroatoms. The topological polar surface area (TPSA) is 74.3 Å². The number of aromatic nitrogens is 2. The van der Waals surface area contributed by atoms with E-state index in [1.807, 2.05) is 12.1 Å². The van der Waals surface area contributed by atoms with Crippen LogP contribution in [0.3, 0.4) is 0 Å². The average Bonchev–Trinajstić information content (AvgIpc) is 3.04. The van der Waals surface area contributed by atoms with E-state index in [2.05, 4.69) is 5.16 Å². The van der Waals surface area contributed by atoms with Gasteiger partial charge in [-0.15, -0.1) is 0 Å². The SMILES string of the molecule is CCOC(=O)[C@@H]1CCC[C@H](n2c(=O)c3c(C)onc3c3c(Cl)cccc32)C1. The third-order valence-corrected chi connectivity index (χ3v) is 5.73. The molecule has 0 unspecified atom stereocenters. The Morgan fingerprint density at radius 3 is 2.96 bits per heavy atom. The second kappa shape index (κ2) is 7.00. The summed E-state index contributed by atoms with van der Waals surface area (Å²) in [6.07, 6.45) is 3.06. The molecule has 2 heterocycles. The van der Waals surface area contributed by atoms with Crippen molar-refractivity contribution in [3.8, 4) is 0 Å². The van der Waals surface area contributed by atoms with Crippen molar-refractivity contribution < 1.29 is 14.1 Å². The van der Waals surface area contributed by atoms with Crippen molar-refractivity contribution in [2.45, 2.75) is 45.6 Å². The third kappa shape index (κ3) is 2.92. The summed E-state index contributed by atoms with van der Waals surface area (Å²) >= 11 is 6.46. The van der Waals surface area contributed by atoms with Gasteiger partial charge < -0.3 is 13.8 Å². The lowest BCUT2D eigenvalue weighted by Crippen LogP contribution is -2.32. The van der Waals surface area contributed by atoms with Crippen molar-refractivity contribution in [1.82, 2.24) is 9.72 Å². The molecule has 0 radical (unpaired) electrons. The van der Waals surface area contributed by atoms with Gasteiger partial charge in [0.05, 0.1) is 23.1 Å². The van der Waals surface area contributed by atoms with Gasteiger partial charge in [0.15, 0.2) is 0 Å². The molecule has 4 rings (SSSR count). The highest BCUT2D eigenvalue weighted by Crippen LogP contribution is 2.37. The monoisotopic (exact) mass is 388 g/mol. The number of rotatable bonds is 3. The third-order valence-electron chi connectivity index (χ3n) is 5.41. The van der Waals surface area contributed by atoms with Crippen LogP contribution in [-0.4, -0.2) is 22.3 Å². The van der Waals surface area contributed by atoms with Crippen LogP contribution in [0, 0.1) is 12.8 Å². The number of benzene rings is 1. The number of ether oxygens (including phenoxy) is 1. The fraction of sp³-hybridized carbons (Fsp3) is 0.450. The lowest BCUT2D eigenvalue weighted by atomic mass is 9.85. The molecule has 3 aromatic rings. The maximum absolute atomic E-state index is 13.3. The van der Waals surface area contributed by atoms with E-state index in [9.17, 15) is 9.59 Å². The molecule has 1 fully saturated rings. The van der Waals surface area contributed by atoms with Crippen molar-refractivity contribution in [1.29, 1.82) is 0 Å². The largest absolute Gasteiger partial charge is 0.466 e. The van der Waals surface area contributed by atoms with Crippen molar-refractivity contribution >= 4 is 39.4 Å². The normalized spacial score (nSPS) is 20.3. The Morgan fingerprint density at radius 1 is 1.37 bits per heavy atom. The number of nitrogens with zero attached hydrogens (tertiary/aromatic N) is 2. The molecule has 142 valence electrons. The molecule has 0 bridgehead atoms. The molecule has 1 aliphatic rings. The second-order valence-electron chi connectivity index (χ2n) is 7.04. The molecule has 27 heavy (non-hydrogen) atoms. The number of carbonyl (C=O) groups excluding carboxylic acids is 1. The summed E-state index contributed by atoms with van der Waals surface area (Å²) < 4.78 is 12.3. The number of hydrogen-bond acceptors (Lipinski definition) is 5. The first kappa shape index (κ1) is 18.0. The zero-order chi connectivity index (χ0) is 19.1. The predicted octanol–water partition coefficient (Wildman–Crippen LogP) is 4.40. The van der Waals surface area contributed by atoms with E-state index >= 15 is 0 Å². The van der Waals surface area contributed by atoms with Gasteiger partial charge in [-0.1, -0.05) is 29.2 Å². The van der Waals surface area contributed by atoms with Gasteiger partial charge in [0, 0.05) is 11.4 Å². The lowest BCUT2D eigenvalue weighted by Gasteiger charge is -2.30. The fourth-order valence-corrected chi connectivity index (χ4v) is 4.47. The number of halogens is 1. The highest BCUT2D eigenvalue weighted by atomic mass is 35.5. The molecule has 0 spiro atoms. The smallest absolute Gasteiger partial charge is 0.308 e. The van der Waals surface area contributed by atoms with Crippen LogP contribution in [0.15, 0.2) is 27.5 Å². The van der Waals surface area contributed by atoms with Crippen molar-refractivity contribution in [3.63, 3.8) is 0 Å². The highest BCUT2D eigenvalue weighted by Gasteiger charge is 2.31. The number of esters is 1. The molecular formula is C20H21ClN2O4. The molecule has 0 amide bonds. The summed E-state index contributed by atoms with van der Waals surface area (Å²) in [6.45, 7) is 3.90. The van der Waals surface area contributed by atoms with Crippen LogP contribution in [0.2, 0.25) is 5.02 Å². The molecule has 0 aliphatic heterocycles. The van der Waals surface area contributed by atoms with E-state index in [0.29, 0.717) is 40.1 Å². The van der Waals surface area contributed by atoms with Gasteiger partial charge in [0.25, 0.3) is 5.56 Å². The van der Waals surface area contributed by atoms with Crippen LogP contribution >= 0.6 is 11.6 Å². The van der Waals surface area contributed by atoms with E-state index in [4.69, 9.17) is 20.9 Å². The Labute approximate surface area is 161 Å². The summed E-state index contributed by atoms with van der Waals surface area (Å²) in [6, 6.07) is 5.38. The van der Waals surface area contributed by atoms with Crippen LogP contribution in [-0.2, 0) is 9.53 Å². The van der Waals surface area contributed by atoms with Crippen LogP contribution in [0.5, 0.6) is 0 Å². The van der Waals surface area contributed by atoms with E-state index in [1.165, 1.54) is 0 Å². The highest BCUT2D eigenvalue weighted by molar-refractivity contribution is 6.37. The van der Waals surface area contributed by atoms with Gasteiger partial charge in [-0.2, -0.15) is 0 Å². The Kier molecular flexibility index (Phi) is 4.68. The predicted molar refractivity (Wildman–Crippen MR) is 103 cm³/mol. The summed E-state index contributed by atoms with van der Waals surface area (Å²) in [5, 5.41) is 5.76.